The van der Waals surface area contributed by atoms with Crippen molar-refractivity contribution < 1.29 is 0 Å². The van der Waals surface area contributed by atoms with Gasteiger partial charge in [0.05, 0.1) is 3.39 Å². The first-order valence-corrected chi connectivity index (χ1v) is 16.6. The molecule has 0 heterocycles. The maximum Gasteiger partial charge on any atom is 0.0610 e. The minimum Gasteiger partial charge on any atom is -0.0561 e. The molecule has 0 aromatic heterocycles. The molecule has 0 atom stereocenters. The van der Waals surface area contributed by atoms with E-state index >= 15 is 0 Å². The summed E-state index contributed by atoms with van der Waals surface area (Å²) < 4.78 is 0.923. The summed E-state index contributed by atoms with van der Waals surface area (Å²) in [6.45, 7) is 27.5. The number of hydrogen-bond donors (Lipinski definition) is 0. The smallest absolute Gasteiger partial charge is 0.0561 e. The van der Waals surface area contributed by atoms with Crippen molar-refractivity contribution in [2.45, 2.75) is 105 Å². The summed E-state index contributed by atoms with van der Waals surface area (Å²) in [6.07, 6.45) is 11.1. The molecule has 42 heavy (non-hydrogen) atoms. The highest BCUT2D eigenvalue weighted by Gasteiger charge is 2.21. The van der Waals surface area contributed by atoms with Crippen molar-refractivity contribution in [2.24, 2.45) is 0 Å². The number of halogens is 2. The van der Waals surface area contributed by atoms with Crippen LogP contribution in [0.2, 0.25) is 0 Å². The van der Waals surface area contributed by atoms with E-state index in [0.717, 1.165) is 8.96 Å². The third-order valence-corrected chi connectivity index (χ3v) is 8.04. The lowest BCUT2D eigenvalue weighted by molar-refractivity contribution is 0.568. The van der Waals surface area contributed by atoms with Crippen LogP contribution in [0.5, 0.6) is 0 Å². The summed E-state index contributed by atoms with van der Waals surface area (Å²) in [7, 11) is 0. The van der Waals surface area contributed by atoms with Gasteiger partial charge in [-0.15, -0.1) is 0 Å². The van der Waals surface area contributed by atoms with Gasteiger partial charge < -0.3 is 0 Å². The molecule has 3 aromatic carbocycles. The standard InChI is InChI=1S/C40H50Br2/c1-37(2,3)32-20-29(21-33(25-32)38(4,5)6)15-13-27-17-28(19-31(18-27)24-36(41)42)14-16-30-22-34(39(7,8)9)26-35(23-30)40(10,11)12/h13-26H,1-12H3. The van der Waals surface area contributed by atoms with Crippen molar-refractivity contribution in [2.75, 3.05) is 0 Å². The van der Waals surface area contributed by atoms with Crippen molar-refractivity contribution in [3.8, 4) is 0 Å². The fraction of sp³-hybridized carbons (Fsp3) is 0.400. The first kappa shape index (κ1) is 34.3. The maximum atomic E-state index is 3.56. The Morgan fingerprint density at radius 2 is 0.619 bits per heavy atom. The van der Waals surface area contributed by atoms with E-state index in [-0.39, 0.29) is 21.7 Å². The van der Waals surface area contributed by atoms with Crippen LogP contribution < -0.4 is 0 Å². The van der Waals surface area contributed by atoms with Crippen molar-refractivity contribution in [3.05, 3.63) is 108 Å². The highest BCUT2D eigenvalue weighted by molar-refractivity contribution is 9.28. The Morgan fingerprint density at radius 3 is 0.857 bits per heavy atom. The summed E-state index contributed by atoms with van der Waals surface area (Å²) in [5.74, 6) is 0. The van der Waals surface area contributed by atoms with Gasteiger partial charge in [-0.3, -0.25) is 0 Å². The van der Waals surface area contributed by atoms with Crippen LogP contribution in [0.1, 0.15) is 133 Å². The highest BCUT2D eigenvalue weighted by atomic mass is 79.9. The Kier molecular flexibility index (Phi) is 10.5. The second-order valence-electron chi connectivity index (χ2n) is 15.7. The van der Waals surface area contributed by atoms with E-state index in [1.54, 1.807) is 0 Å². The second kappa shape index (κ2) is 12.8. The van der Waals surface area contributed by atoms with Crippen molar-refractivity contribution >= 4 is 62.2 Å². The van der Waals surface area contributed by atoms with Gasteiger partial charge in [0.25, 0.3) is 0 Å². The van der Waals surface area contributed by atoms with Gasteiger partial charge in [-0.1, -0.05) is 144 Å². The Hall–Kier alpha value is -2.16. The molecule has 0 nitrogen and oxygen atoms in total. The number of benzene rings is 3. The molecule has 0 aliphatic rings. The molecule has 224 valence electrons. The van der Waals surface area contributed by atoms with Crippen LogP contribution in [0.4, 0.5) is 0 Å². The van der Waals surface area contributed by atoms with Gasteiger partial charge in [-0.25, -0.2) is 0 Å². The average Bonchev–Trinajstić information content (AvgIpc) is 2.83. The largest absolute Gasteiger partial charge is 0.0610 e. The molecule has 0 spiro atoms. The molecule has 0 radical (unpaired) electrons. The van der Waals surface area contributed by atoms with Crippen molar-refractivity contribution in [1.29, 1.82) is 0 Å². The zero-order chi connectivity index (χ0) is 31.7. The molecule has 0 bridgehead atoms. The van der Waals surface area contributed by atoms with Crippen LogP contribution in [0.15, 0.2) is 58.0 Å². The zero-order valence-corrected chi connectivity index (χ0v) is 31.0. The lowest BCUT2D eigenvalue weighted by Crippen LogP contribution is -2.16. The Bertz CT molecular complexity index is 1330. The average molecular weight is 691 g/mol. The molecule has 0 fully saturated rings. The lowest BCUT2D eigenvalue weighted by Gasteiger charge is -2.25. The minimum absolute atomic E-state index is 0.0891. The van der Waals surface area contributed by atoms with Crippen LogP contribution >= 0.6 is 31.9 Å². The van der Waals surface area contributed by atoms with Gasteiger partial charge in [-0.2, -0.15) is 0 Å². The molecule has 0 aliphatic carbocycles. The van der Waals surface area contributed by atoms with Gasteiger partial charge in [0.15, 0.2) is 0 Å². The summed E-state index contributed by atoms with van der Waals surface area (Å²) >= 11 is 7.12. The van der Waals surface area contributed by atoms with Gasteiger partial charge in [-0.05, 0) is 128 Å². The first-order valence-electron chi connectivity index (χ1n) is 15.0. The minimum atomic E-state index is 0.0891. The van der Waals surface area contributed by atoms with Crippen LogP contribution in [0.25, 0.3) is 30.4 Å². The third-order valence-electron chi connectivity index (χ3n) is 7.59. The van der Waals surface area contributed by atoms with E-state index in [0.29, 0.717) is 0 Å². The fourth-order valence-corrected chi connectivity index (χ4v) is 5.25. The Balaban J connectivity index is 2.08. The van der Waals surface area contributed by atoms with Gasteiger partial charge in [0.1, 0.15) is 0 Å². The monoisotopic (exact) mass is 688 g/mol. The topological polar surface area (TPSA) is 0 Å². The van der Waals surface area contributed by atoms with Gasteiger partial charge in [0, 0.05) is 0 Å². The normalized spacial score (nSPS) is 13.3. The van der Waals surface area contributed by atoms with Crippen LogP contribution in [0, 0.1) is 0 Å². The van der Waals surface area contributed by atoms with E-state index in [4.69, 9.17) is 0 Å². The molecule has 0 amide bonds. The molecule has 0 N–H and O–H groups in total. The molecular formula is C40H50Br2. The Morgan fingerprint density at radius 1 is 0.381 bits per heavy atom. The molecule has 3 rings (SSSR count). The second-order valence-corrected chi connectivity index (χ2v) is 18.5. The number of rotatable bonds is 5. The predicted octanol–water partition coefficient (Wildman–Crippen LogP) is 13.3. The zero-order valence-electron chi connectivity index (χ0n) is 27.8. The fourth-order valence-electron chi connectivity index (χ4n) is 4.72. The quantitative estimate of drug-likeness (QED) is 0.234. The summed E-state index contributed by atoms with van der Waals surface area (Å²) in [5, 5.41) is 0. The third kappa shape index (κ3) is 9.95. The summed E-state index contributed by atoms with van der Waals surface area (Å²) in [4.78, 5) is 0. The van der Waals surface area contributed by atoms with E-state index in [1.165, 1.54) is 44.5 Å². The molecule has 0 aliphatic heterocycles. The van der Waals surface area contributed by atoms with Gasteiger partial charge in [0.2, 0.25) is 0 Å². The van der Waals surface area contributed by atoms with Crippen LogP contribution in [-0.2, 0) is 21.7 Å². The maximum absolute atomic E-state index is 3.56. The molecule has 0 saturated carbocycles. The lowest BCUT2D eigenvalue weighted by atomic mass is 9.79. The van der Waals surface area contributed by atoms with Crippen molar-refractivity contribution in [1.82, 2.24) is 0 Å². The van der Waals surface area contributed by atoms with E-state index < -0.39 is 0 Å². The van der Waals surface area contributed by atoms with Gasteiger partial charge >= 0.3 is 0 Å². The SMILES string of the molecule is CC(C)(C)c1cc(C=Cc2cc(C=Cc3cc(C(C)(C)C)cc(C(C)(C)C)c3)cc(C=C(Br)Br)c2)cc(C(C)(C)C)c1. The predicted molar refractivity (Wildman–Crippen MR) is 198 cm³/mol. The molecule has 3 aromatic rings. The molecular weight excluding hydrogens is 640 g/mol. The molecule has 0 unspecified atom stereocenters. The number of hydrogen-bond acceptors (Lipinski definition) is 0. The van der Waals surface area contributed by atoms with Crippen molar-refractivity contribution in [3.63, 3.8) is 0 Å². The van der Waals surface area contributed by atoms with E-state index in [9.17, 15) is 0 Å². The summed E-state index contributed by atoms with van der Waals surface area (Å²) in [6, 6.07) is 20.8. The summed E-state index contributed by atoms with van der Waals surface area (Å²) in [5.41, 5.74) is 11.8. The van der Waals surface area contributed by atoms with E-state index in [1.807, 2.05) is 0 Å². The first-order chi connectivity index (χ1) is 19.1. The van der Waals surface area contributed by atoms with Crippen LogP contribution in [0.3, 0.4) is 0 Å². The van der Waals surface area contributed by atoms with Crippen LogP contribution in [-0.4, -0.2) is 0 Å². The Labute approximate surface area is 273 Å². The molecule has 2 heteroatoms. The highest BCUT2D eigenvalue weighted by Crippen LogP contribution is 2.33. The van der Waals surface area contributed by atoms with E-state index in [2.05, 4.69) is 200 Å². The molecule has 0 saturated heterocycles.